The van der Waals surface area contributed by atoms with Crippen LogP contribution in [0, 0.1) is 30.6 Å². The van der Waals surface area contributed by atoms with E-state index in [4.69, 9.17) is 11.5 Å². The molecular formula is C38H57N7O6S. The first kappa shape index (κ1) is 42.6. The fraction of sp³-hybridized carbons (Fsp3) is 0.553. The predicted octanol–water partition coefficient (Wildman–Crippen LogP) is 3.39. The van der Waals surface area contributed by atoms with E-state index in [0.29, 0.717) is 12.8 Å². The van der Waals surface area contributed by atoms with E-state index in [1.807, 2.05) is 34.6 Å². The first-order valence-electron chi connectivity index (χ1n) is 18.0. The normalized spacial score (nSPS) is 16.2. The van der Waals surface area contributed by atoms with Crippen LogP contribution in [0.5, 0.6) is 0 Å². The Hall–Kier alpha value is -3.82. The number of aryl methyl sites for hydroxylation is 1. The molecule has 14 heteroatoms. The second-order valence-corrected chi connectivity index (χ2v) is 16.4. The van der Waals surface area contributed by atoms with Crippen LogP contribution in [0.4, 0.5) is 0 Å². The minimum Gasteiger partial charge on any atom is -0.391 e. The molecule has 6 N–H and O–H groups in total. The number of Topliss-reactive ketones (excluding diaryl/α,β-unsaturated/α-hetero) is 1. The van der Waals surface area contributed by atoms with Crippen molar-refractivity contribution in [3.8, 4) is 0 Å². The molecule has 0 aliphatic carbocycles. The average molecular weight is 740 g/mol. The second-order valence-electron chi connectivity index (χ2n) is 14.5. The van der Waals surface area contributed by atoms with E-state index in [0.717, 1.165) is 20.8 Å². The number of aromatic nitrogens is 3. The van der Waals surface area contributed by atoms with Crippen LogP contribution in [0.25, 0.3) is 0 Å². The van der Waals surface area contributed by atoms with Crippen molar-refractivity contribution in [2.24, 2.45) is 35.1 Å². The van der Waals surface area contributed by atoms with Crippen LogP contribution in [0.3, 0.4) is 0 Å². The lowest BCUT2D eigenvalue weighted by atomic mass is 9.84. The van der Waals surface area contributed by atoms with E-state index < -0.39 is 63.8 Å². The summed E-state index contributed by atoms with van der Waals surface area (Å²) in [5, 5.41) is 14.2. The number of likely N-dealkylation sites (N-methyl/N-ethyl adjacent to an activating group) is 1. The highest BCUT2D eigenvalue weighted by molar-refractivity contribution is 7.90. The summed E-state index contributed by atoms with van der Waals surface area (Å²) >= 11 is 0. The number of carbonyl (C=O) groups is 3. The summed E-state index contributed by atoms with van der Waals surface area (Å²) in [4.78, 5) is 53.7. The Labute approximate surface area is 308 Å². The highest BCUT2D eigenvalue weighted by atomic mass is 32.2. The second kappa shape index (κ2) is 18.8. The summed E-state index contributed by atoms with van der Waals surface area (Å²) in [5.41, 5.74) is 14.2. The number of benzene rings is 1. The van der Waals surface area contributed by atoms with Crippen molar-refractivity contribution >= 4 is 27.6 Å². The summed E-state index contributed by atoms with van der Waals surface area (Å²) in [6.45, 7) is 13.3. The Morgan fingerprint density at radius 3 is 2.15 bits per heavy atom. The SMILES string of the molecule is CC[C@H](C)[C@H](NC)C(=O)C(c1ccccn1)N(C(=O)[C@@H](C[C@H](O)[C@@H](N)CC(C)C)C(C)C)C(=O)[C@@H](N)Cc1cn(S(=O)(=O)c2ccc(C)cc2)cn1. The lowest BCUT2D eigenvalue weighted by molar-refractivity contribution is -0.157. The molecule has 0 radical (unpaired) electrons. The maximum Gasteiger partial charge on any atom is 0.268 e. The van der Waals surface area contributed by atoms with Crippen LogP contribution < -0.4 is 16.8 Å². The lowest BCUT2D eigenvalue weighted by Crippen LogP contribution is -2.56. The van der Waals surface area contributed by atoms with Crippen LogP contribution in [0.2, 0.25) is 0 Å². The molecule has 0 bridgehead atoms. The van der Waals surface area contributed by atoms with Gasteiger partial charge in [-0.3, -0.25) is 24.3 Å². The summed E-state index contributed by atoms with van der Waals surface area (Å²) in [6, 6.07) is 7.05. The van der Waals surface area contributed by atoms with Gasteiger partial charge in [-0.15, -0.1) is 0 Å². The van der Waals surface area contributed by atoms with E-state index in [9.17, 15) is 27.9 Å². The van der Waals surface area contributed by atoms with Crippen LogP contribution in [0.1, 0.15) is 83.8 Å². The van der Waals surface area contributed by atoms with E-state index in [1.165, 1.54) is 24.5 Å². The molecule has 0 spiro atoms. The van der Waals surface area contributed by atoms with Gasteiger partial charge in [-0.05, 0) is 68.8 Å². The molecular weight excluding hydrogens is 683 g/mol. The summed E-state index contributed by atoms with van der Waals surface area (Å²) in [5.74, 6) is -3.25. The number of pyridine rings is 1. The Kier molecular flexibility index (Phi) is 15.4. The third-order valence-electron chi connectivity index (χ3n) is 9.61. The van der Waals surface area contributed by atoms with Gasteiger partial charge in [0.25, 0.3) is 10.0 Å². The van der Waals surface area contributed by atoms with Gasteiger partial charge in [0, 0.05) is 30.8 Å². The molecule has 7 atom stereocenters. The minimum absolute atomic E-state index is 0.0470. The topological polar surface area (TPSA) is 204 Å². The number of nitrogens with zero attached hydrogens (tertiary/aromatic N) is 4. The monoisotopic (exact) mass is 739 g/mol. The highest BCUT2D eigenvalue weighted by Gasteiger charge is 2.45. The fourth-order valence-electron chi connectivity index (χ4n) is 6.30. The molecule has 3 rings (SSSR count). The van der Waals surface area contributed by atoms with Gasteiger partial charge in [-0.2, -0.15) is 0 Å². The highest BCUT2D eigenvalue weighted by Crippen LogP contribution is 2.31. The largest absolute Gasteiger partial charge is 0.391 e. The Balaban J connectivity index is 2.11. The zero-order valence-corrected chi connectivity index (χ0v) is 32.5. The van der Waals surface area contributed by atoms with Crippen LogP contribution >= 0.6 is 0 Å². The van der Waals surface area contributed by atoms with Gasteiger partial charge in [-0.25, -0.2) is 17.4 Å². The maximum absolute atomic E-state index is 14.8. The number of imide groups is 1. The first-order valence-corrected chi connectivity index (χ1v) is 19.4. The van der Waals surface area contributed by atoms with Crippen molar-refractivity contribution in [1.29, 1.82) is 0 Å². The van der Waals surface area contributed by atoms with E-state index in [-0.39, 0.29) is 46.9 Å². The molecule has 0 saturated heterocycles. The van der Waals surface area contributed by atoms with Gasteiger partial charge < -0.3 is 21.9 Å². The number of hydrogen-bond acceptors (Lipinski definition) is 11. The molecule has 1 aromatic carbocycles. The van der Waals surface area contributed by atoms with Crippen molar-refractivity contribution < 1.29 is 27.9 Å². The Morgan fingerprint density at radius 2 is 1.62 bits per heavy atom. The van der Waals surface area contributed by atoms with Crippen molar-refractivity contribution in [3.05, 3.63) is 78.1 Å². The van der Waals surface area contributed by atoms with Crippen LogP contribution in [-0.4, -0.2) is 81.2 Å². The van der Waals surface area contributed by atoms with Crippen molar-refractivity contribution in [2.75, 3.05) is 7.05 Å². The number of aliphatic hydroxyl groups is 1. The molecule has 13 nitrogen and oxygen atoms in total. The molecule has 0 fully saturated rings. The van der Waals surface area contributed by atoms with E-state index in [1.54, 1.807) is 51.2 Å². The van der Waals surface area contributed by atoms with Crippen molar-refractivity contribution in [3.63, 3.8) is 0 Å². The third kappa shape index (κ3) is 10.4. The quantitative estimate of drug-likeness (QED) is 0.140. The standard InChI is InChI=1S/C38H57N7O6S/c1-9-26(7)34(41-8)36(47)35(32-12-10-11-17-42-32)45(37(48)29(24(4)5)20-33(46)30(39)18-23(2)3)38(49)31(40)19-27-21-44(22-43-27)52(50,51)28-15-13-25(6)14-16-28/h10-17,21-24,26,29-31,33-35,41,46H,9,18-20,39-40H2,1-8H3/t26-,29-,30-,31-,33-,34-,35?/m0/s1. The number of nitrogens with one attached hydrogen (secondary N) is 1. The zero-order chi connectivity index (χ0) is 38.9. The molecule has 1 unspecified atom stereocenters. The van der Waals surface area contributed by atoms with Crippen LogP contribution in [-0.2, 0) is 30.8 Å². The number of imidazole rings is 1. The fourth-order valence-corrected chi connectivity index (χ4v) is 7.45. The number of aliphatic hydroxyl groups excluding tert-OH is 1. The molecule has 286 valence electrons. The molecule has 0 aliphatic heterocycles. The summed E-state index contributed by atoms with van der Waals surface area (Å²) < 4.78 is 27.5. The van der Waals surface area contributed by atoms with Gasteiger partial charge in [0.1, 0.15) is 12.4 Å². The molecule has 2 amide bonds. The van der Waals surface area contributed by atoms with Gasteiger partial charge >= 0.3 is 0 Å². The van der Waals surface area contributed by atoms with E-state index in [2.05, 4.69) is 15.3 Å². The minimum atomic E-state index is -3.98. The predicted molar refractivity (Wildman–Crippen MR) is 200 cm³/mol. The van der Waals surface area contributed by atoms with Crippen molar-refractivity contribution in [1.82, 2.24) is 24.2 Å². The number of nitrogens with two attached hydrogens (primary N) is 2. The molecule has 0 aliphatic rings. The molecule has 3 aromatic rings. The van der Waals surface area contributed by atoms with Gasteiger partial charge in [0.15, 0.2) is 5.78 Å². The van der Waals surface area contributed by atoms with Crippen molar-refractivity contribution in [2.45, 2.75) is 109 Å². The number of rotatable bonds is 19. The average Bonchev–Trinajstić information content (AvgIpc) is 3.58. The molecule has 2 aromatic heterocycles. The van der Waals surface area contributed by atoms with E-state index >= 15 is 0 Å². The molecule has 52 heavy (non-hydrogen) atoms. The number of hydrogen-bond donors (Lipinski definition) is 4. The van der Waals surface area contributed by atoms with Gasteiger partial charge in [0.2, 0.25) is 11.8 Å². The first-order chi connectivity index (χ1) is 24.4. The molecule has 0 saturated carbocycles. The number of carbonyl (C=O) groups excluding carboxylic acids is 3. The number of ketones is 1. The van der Waals surface area contributed by atoms with Gasteiger partial charge in [-0.1, -0.05) is 71.7 Å². The summed E-state index contributed by atoms with van der Waals surface area (Å²) in [6.07, 6.45) is 3.70. The summed E-state index contributed by atoms with van der Waals surface area (Å²) in [7, 11) is -2.33. The van der Waals surface area contributed by atoms with Crippen LogP contribution in [0.15, 0.2) is 66.1 Å². The molecule has 2 heterocycles. The Morgan fingerprint density at radius 1 is 0.962 bits per heavy atom. The Bertz CT molecular complexity index is 1730. The lowest BCUT2D eigenvalue weighted by Gasteiger charge is -2.37. The zero-order valence-electron chi connectivity index (χ0n) is 31.6. The maximum atomic E-state index is 14.8. The third-order valence-corrected chi connectivity index (χ3v) is 11.2. The number of amides is 2. The van der Waals surface area contributed by atoms with Gasteiger partial charge in [0.05, 0.1) is 34.5 Å². The smallest absolute Gasteiger partial charge is 0.268 e.